The molecule has 7 atom stereocenters. The summed E-state index contributed by atoms with van der Waals surface area (Å²) in [6.07, 6.45) is 4.74. The molecule has 3 saturated heterocycles. The number of aliphatic hydroxyl groups excluding tert-OH is 1. The van der Waals surface area contributed by atoms with Crippen LogP contribution >= 0.6 is 0 Å². The monoisotopic (exact) mass is 643 g/mol. The van der Waals surface area contributed by atoms with E-state index in [1.54, 1.807) is 17.1 Å². The summed E-state index contributed by atoms with van der Waals surface area (Å²) in [5.41, 5.74) is 0.447. The van der Waals surface area contributed by atoms with Crippen molar-refractivity contribution in [1.82, 2.24) is 15.1 Å². The first kappa shape index (κ1) is 34.1. The smallest absolute Gasteiger partial charge is 0.306 e. The summed E-state index contributed by atoms with van der Waals surface area (Å²) in [6.45, 7) is 9.50. The van der Waals surface area contributed by atoms with E-state index in [1.165, 1.54) is 4.90 Å². The van der Waals surface area contributed by atoms with Crippen molar-refractivity contribution in [3.05, 3.63) is 97.1 Å². The van der Waals surface area contributed by atoms with Gasteiger partial charge in [0.2, 0.25) is 17.7 Å². The number of hydrogen-bond acceptors (Lipinski definition) is 7. The van der Waals surface area contributed by atoms with Gasteiger partial charge in [-0.05, 0) is 36.8 Å². The van der Waals surface area contributed by atoms with Crippen LogP contribution in [0.5, 0.6) is 0 Å². The van der Waals surface area contributed by atoms with E-state index in [9.17, 15) is 24.3 Å². The van der Waals surface area contributed by atoms with Gasteiger partial charge in [-0.1, -0.05) is 79.7 Å². The number of allylic oxidation sites excluding steroid dienone is 1. The molecule has 0 radical (unpaired) electrons. The fourth-order valence-corrected chi connectivity index (χ4v) is 7.49. The van der Waals surface area contributed by atoms with E-state index in [4.69, 9.17) is 9.47 Å². The lowest BCUT2D eigenvalue weighted by atomic mass is 9.70. The van der Waals surface area contributed by atoms with Crippen LogP contribution < -0.4 is 5.32 Å². The summed E-state index contributed by atoms with van der Waals surface area (Å²) in [7, 11) is 0. The largest absolute Gasteiger partial charge is 0.463 e. The Morgan fingerprint density at radius 3 is 2.47 bits per heavy atom. The van der Waals surface area contributed by atoms with E-state index in [0.717, 1.165) is 11.1 Å². The van der Waals surface area contributed by atoms with E-state index >= 15 is 0 Å². The number of fused-ring (bicyclic) bond motifs is 1. The Labute approximate surface area is 276 Å². The fourth-order valence-electron chi connectivity index (χ4n) is 7.49. The number of esters is 1. The molecule has 0 saturated carbocycles. The van der Waals surface area contributed by atoms with Crippen LogP contribution in [0.1, 0.15) is 56.2 Å². The quantitative estimate of drug-likeness (QED) is 0.211. The van der Waals surface area contributed by atoms with Gasteiger partial charge in [-0.25, -0.2) is 0 Å². The first-order valence-electron chi connectivity index (χ1n) is 16.5. The normalized spacial score (nSPS) is 25.5. The topological polar surface area (TPSA) is 125 Å². The molecule has 10 nitrogen and oxygen atoms in total. The zero-order valence-electron chi connectivity index (χ0n) is 27.0. The van der Waals surface area contributed by atoms with E-state index in [2.05, 4.69) is 18.5 Å². The SMILES string of the molecule is C=CCCC(=O)OC[C@@H](NC(=O)[C@@H]1[C@@H]2CC[C@]3(O2)[C@H](C(=O)N(CC=C)Cc2ccccc2)N([C@@H](CC)CO)C(=O)[C@@H]13)c1ccccc1. The van der Waals surface area contributed by atoms with Gasteiger partial charge in [0.1, 0.15) is 18.2 Å². The van der Waals surface area contributed by atoms with Gasteiger partial charge in [-0.15, -0.1) is 13.2 Å². The number of likely N-dealkylation sites (tertiary alicyclic amines) is 1. The van der Waals surface area contributed by atoms with Crippen molar-refractivity contribution in [2.45, 2.75) is 75.4 Å². The number of ether oxygens (including phenoxy) is 2. The Bertz CT molecular complexity index is 1450. The van der Waals surface area contributed by atoms with Gasteiger partial charge in [0.05, 0.1) is 36.6 Å². The van der Waals surface area contributed by atoms with Gasteiger partial charge in [0.25, 0.3) is 0 Å². The lowest BCUT2D eigenvalue weighted by Gasteiger charge is -2.39. The zero-order chi connectivity index (χ0) is 33.6. The van der Waals surface area contributed by atoms with Crippen LogP contribution in [0.4, 0.5) is 0 Å². The third-order valence-electron chi connectivity index (χ3n) is 9.71. The number of aliphatic hydroxyl groups is 1. The Morgan fingerprint density at radius 1 is 1.13 bits per heavy atom. The maximum Gasteiger partial charge on any atom is 0.306 e. The Morgan fingerprint density at radius 2 is 1.83 bits per heavy atom. The lowest BCUT2D eigenvalue weighted by molar-refractivity contribution is -0.151. The molecular weight excluding hydrogens is 598 g/mol. The van der Waals surface area contributed by atoms with Crippen molar-refractivity contribution >= 4 is 23.7 Å². The average molecular weight is 644 g/mol. The highest BCUT2D eigenvalue weighted by atomic mass is 16.5. The number of carbonyl (C=O) groups is 4. The Kier molecular flexibility index (Phi) is 10.9. The third kappa shape index (κ3) is 6.75. The number of rotatable bonds is 16. The van der Waals surface area contributed by atoms with Crippen molar-refractivity contribution in [3.8, 4) is 0 Å². The number of nitrogens with zero attached hydrogens (tertiary/aromatic N) is 2. The van der Waals surface area contributed by atoms with Crippen LogP contribution in [0.15, 0.2) is 86.0 Å². The van der Waals surface area contributed by atoms with Gasteiger partial charge < -0.3 is 29.7 Å². The van der Waals surface area contributed by atoms with Crippen molar-refractivity contribution in [3.63, 3.8) is 0 Å². The summed E-state index contributed by atoms with van der Waals surface area (Å²) in [5.74, 6) is -3.24. The minimum absolute atomic E-state index is 0.0839. The predicted octanol–water partition coefficient (Wildman–Crippen LogP) is 3.71. The van der Waals surface area contributed by atoms with E-state index in [-0.39, 0.29) is 38.0 Å². The third-order valence-corrected chi connectivity index (χ3v) is 9.71. The molecule has 47 heavy (non-hydrogen) atoms. The molecule has 1 spiro atoms. The maximum absolute atomic E-state index is 14.6. The van der Waals surface area contributed by atoms with Gasteiger partial charge in [-0.3, -0.25) is 19.2 Å². The highest BCUT2D eigenvalue weighted by molar-refractivity contribution is 5.99. The van der Waals surface area contributed by atoms with Gasteiger partial charge in [0.15, 0.2) is 0 Å². The van der Waals surface area contributed by atoms with Gasteiger partial charge in [0, 0.05) is 19.5 Å². The second kappa shape index (κ2) is 15.1. The first-order chi connectivity index (χ1) is 22.8. The molecule has 3 fully saturated rings. The van der Waals surface area contributed by atoms with Crippen LogP contribution in [-0.4, -0.2) is 82.1 Å². The number of carbonyl (C=O) groups excluding carboxylic acids is 4. The summed E-state index contributed by atoms with van der Waals surface area (Å²) in [5, 5.41) is 13.4. The highest BCUT2D eigenvalue weighted by Gasteiger charge is 2.75. The molecule has 2 aromatic rings. The second-order valence-electron chi connectivity index (χ2n) is 12.5. The van der Waals surface area contributed by atoms with Crippen LogP contribution in [-0.2, 0) is 35.2 Å². The molecule has 3 amide bonds. The molecule has 3 heterocycles. The van der Waals surface area contributed by atoms with Crippen molar-refractivity contribution in [2.24, 2.45) is 11.8 Å². The van der Waals surface area contributed by atoms with E-state index in [0.29, 0.717) is 32.2 Å². The van der Waals surface area contributed by atoms with Crippen LogP contribution in [0.25, 0.3) is 0 Å². The van der Waals surface area contributed by atoms with Crippen molar-refractivity contribution in [1.29, 1.82) is 0 Å². The molecule has 5 rings (SSSR count). The first-order valence-corrected chi connectivity index (χ1v) is 16.5. The van der Waals surface area contributed by atoms with Crippen molar-refractivity contribution < 1.29 is 33.8 Å². The molecule has 2 N–H and O–H groups in total. The predicted molar refractivity (Wildman–Crippen MR) is 175 cm³/mol. The van der Waals surface area contributed by atoms with Gasteiger partial charge >= 0.3 is 5.97 Å². The highest BCUT2D eigenvalue weighted by Crippen LogP contribution is 2.59. The van der Waals surface area contributed by atoms with E-state index < -0.39 is 53.5 Å². The molecule has 3 aliphatic rings. The second-order valence-corrected chi connectivity index (χ2v) is 12.5. The summed E-state index contributed by atoms with van der Waals surface area (Å²) < 4.78 is 12.1. The average Bonchev–Trinajstić information content (AvgIpc) is 3.74. The molecule has 250 valence electrons. The van der Waals surface area contributed by atoms with Crippen LogP contribution in [0, 0.1) is 11.8 Å². The Hall–Kier alpha value is -4.28. The van der Waals surface area contributed by atoms with Crippen LogP contribution in [0.3, 0.4) is 0 Å². The maximum atomic E-state index is 14.6. The number of hydrogen-bond donors (Lipinski definition) is 2. The number of nitrogens with one attached hydrogen (secondary N) is 1. The molecule has 0 aromatic heterocycles. The zero-order valence-corrected chi connectivity index (χ0v) is 27.0. The minimum Gasteiger partial charge on any atom is -0.463 e. The van der Waals surface area contributed by atoms with E-state index in [1.807, 2.05) is 67.6 Å². The molecule has 10 heteroatoms. The van der Waals surface area contributed by atoms with Gasteiger partial charge in [-0.2, -0.15) is 0 Å². The number of amides is 3. The molecule has 0 unspecified atom stereocenters. The Balaban J connectivity index is 1.45. The molecule has 2 aromatic carbocycles. The van der Waals surface area contributed by atoms with Crippen LogP contribution in [0.2, 0.25) is 0 Å². The molecule has 3 aliphatic heterocycles. The summed E-state index contributed by atoms with van der Waals surface area (Å²) >= 11 is 0. The minimum atomic E-state index is -1.22. The fraction of sp³-hybridized carbons (Fsp3) is 0.459. The lowest BCUT2D eigenvalue weighted by Crippen LogP contribution is -2.58. The van der Waals surface area contributed by atoms with Crippen molar-refractivity contribution in [2.75, 3.05) is 19.8 Å². The summed E-state index contributed by atoms with van der Waals surface area (Å²) in [4.78, 5) is 58.7. The summed E-state index contributed by atoms with van der Waals surface area (Å²) in [6, 6.07) is 16.5. The number of benzene rings is 2. The standard InChI is InChI=1S/C37H45N3O7/c1-4-7-18-30(42)46-24-28(26-16-12-9-13-17-26)38-34(43)31-29-19-20-37(47-29)32(31)35(44)40(27(6-3)23-41)33(37)36(45)39(21-5-2)22-25-14-10-8-11-15-25/h4-5,8-17,27-29,31-33,41H,1-2,6-7,18-24H2,3H3,(H,38,43)/t27-,28+,29-,31+,32+,33-,37+/m0/s1. The molecular formula is C37H45N3O7. The molecule has 0 aliphatic carbocycles. The molecule has 2 bridgehead atoms.